The molecular weight excluding hydrogens is 250 g/mol. The Hall–Kier alpha value is -2.29. The van der Waals surface area contributed by atoms with Gasteiger partial charge in [-0.1, -0.05) is 49.7 Å². The summed E-state index contributed by atoms with van der Waals surface area (Å²) in [5.41, 5.74) is 7.67. The minimum absolute atomic E-state index is 0.427. The van der Waals surface area contributed by atoms with Crippen LogP contribution in [0.1, 0.15) is 30.1 Å². The van der Waals surface area contributed by atoms with Crippen LogP contribution in [-0.2, 0) is 0 Å². The first-order valence-electron chi connectivity index (χ1n) is 6.85. The summed E-state index contributed by atoms with van der Waals surface area (Å²) in [6.07, 6.45) is 2.09. The summed E-state index contributed by atoms with van der Waals surface area (Å²) >= 11 is 0. The zero-order chi connectivity index (χ0) is 14.4. The molecular formula is C17H19NO2. The maximum atomic E-state index is 11.5. The molecule has 0 aliphatic rings. The molecule has 0 aliphatic carbocycles. The second-order valence-corrected chi connectivity index (χ2v) is 4.61. The summed E-state index contributed by atoms with van der Waals surface area (Å²) in [6, 6.07) is 15.1. The fourth-order valence-electron chi connectivity index (χ4n) is 2.07. The highest BCUT2D eigenvalue weighted by atomic mass is 16.5. The van der Waals surface area contributed by atoms with Crippen LogP contribution in [0.2, 0.25) is 0 Å². The molecule has 0 fully saturated rings. The number of unbranched alkanes of at least 4 members (excludes halogenated alkanes) is 1. The lowest BCUT2D eigenvalue weighted by molar-refractivity contribution is 0.100. The van der Waals surface area contributed by atoms with Crippen molar-refractivity contribution in [2.45, 2.75) is 19.8 Å². The summed E-state index contributed by atoms with van der Waals surface area (Å²) in [7, 11) is 0. The molecule has 0 bridgehead atoms. The van der Waals surface area contributed by atoms with E-state index in [1.165, 1.54) is 0 Å². The van der Waals surface area contributed by atoms with Crippen LogP contribution in [0, 0.1) is 0 Å². The lowest BCUT2D eigenvalue weighted by Gasteiger charge is -2.13. The average molecular weight is 269 g/mol. The maximum absolute atomic E-state index is 11.5. The van der Waals surface area contributed by atoms with E-state index in [1.807, 2.05) is 42.5 Å². The van der Waals surface area contributed by atoms with Gasteiger partial charge in [-0.2, -0.15) is 0 Å². The Kier molecular flexibility index (Phi) is 4.77. The highest BCUT2D eigenvalue weighted by molar-refractivity contribution is 6.00. The molecule has 1 amide bonds. The molecule has 0 unspecified atom stereocenters. The fourth-order valence-corrected chi connectivity index (χ4v) is 2.07. The molecule has 104 valence electrons. The van der Waals surface area contributed by atoms with Gasteiger partial charge in [0.15, 0.2) is 0 Å². The number of ether oxygens (including phenoxy) is 1. The van der Waals surface area contributed by atoms with E-state index in [2.05, 4.69) is 6.92 Å². The average Bonchev–Trinajstić information content (AvgIpc) is 2.48. The topological polar surface area (TPSA) is 52.3 Å². The Morgan fingerprint density at radius 3 is 2.40 bits per heavy atom. The SMILES string of the molecule is CCCCOc1ccccc1-c1ccccc1C(N)=O. The number of benzene rings is 2. The molecule has 2 aromatic carbocycles. The number of amides is 1. The van der Waals surface area contributed by atoms with Crippen LogP contribution in [-0.4, -0.2) is 12.5 Å². The van der Waals surface area contributed by atoms with Crippen LogP contribution in [0.25, 0.3) is 11.1 Å². The maximum Gasteiger partial charge on any atom is 0.249 e. The number of hydrogen-bond acceptors (Lipinski definition) is 2. The van der Waals surface area contributed by atoms with Gasteiger partial charge < -0.3 is 10.5 Å². The third-order valence-electron chi connectivity index (χ3n) is 3.13. The Balaban J connectivity index is 2.40. The second kappa shape index (κ2) is 6.75. The van der Waals surface area contributed by atoms with E-state index < -0.39 is 5.91 Å². The van der Waals surface area contributed by atoms with Gasteiger partial charge in [-0.05, 0) is 24.1 Å². The Labute approximate surface area is 119 Å². The van der Waals surface area contributed by atoms with Crippen molar-refractivity contribution in [2.75, 3.05) is 6.61 Å². The number of hydrogen-bond donors (Lipinski definition) is 1. The Morgan fingerprint density at radius 1 is 1.05 bits per heavy atom. The molecule has 2 rings (SSSR count). The monoisotopic (exact) mass is 269 g/mol. The van der Waals surface area contributed by atoms with Gasteiger partial charge in [0, 0.05) is 11.1 Å². The van der Waals surface area contributed by atoms with Crippen molar-refractivity contribution in [1.29, 1.82) is 0 Å². The molecule has 2 N–H and O–H groups in total. The number of primary amides is 1. The summed E-state index contributed by atoms with van der Waals surface area (Å²) in [4.78, 5) is 11.5. The largest absolute Gasteiger partial charge is 0.493 e. The first-order valence-corrected chi connectivity index (χ1v) is 6.85. The summed E-state index contributed by atoms with van der Waals surface area (Å²) in [5, 5.41) is 0. The van der Waals surface area contributed by atoms with Gasteiger partial charge in [0.05, 0.1) is 6.61 Å². The van der Waals surface area contributed by atoms with E-state index in [-0.39, 0.29) is 0 Å². The van der Waals surface area contributed by atoms with E-state index in [1.54, 1.807) is 6.07 Å². The van der Waals surface area contributed by atoms with Crippen LogP contribution in [0.3, 0.4) is 0 Å². The second-order valence-electron chi connectivity index (χ2n) is 4.61. The summed E-state index contributed by atoms with van der Waals surface area (Å²) in [6.45, 7) is 2.80. The molecule has 0 spiro atoms. The number of rotatable bonds is 6. The van der Waals surface area contributed by atoms with Crippen LogP contribution in [0.4, 0.5) is 0 Å². The third kappa shape index (κ3) is 3.18. The zero-order valence-corrected chi connectivity index (χ0v) is 11.6. The quantitative estimate of drug-likeness (QED) is 0.814. The molecule has 3 nitrogen and oxygen atoms in total. The minimum Gasteiger partial charge on any atom is -0.493 e. The molecule has 0 aromatic heterocycles. The van der Waals surface area contributed by atoms with Crippen molar-refractivity contribution < 1.29 is 9.53 Å². The number of carbonyl (C=O) groups excluding carboxylic acids is 1. The smallest absolute Gasteiger partial charge is 0.249 e. The molecule has 0 heterocycles. The highest BCUT2D eigenvalue weighted by Crippen LogP contribution is 2.32. The van der Waals surface area contributed by atoms with Crippen LogP contribution < -0.4 is 10.5 Å². The van der Waals surface area contributed by atoms with Crippen LogP contribution in [0.15, 0.2) is 48.5 Å². The van der Waals surface area contributed by atoms with Gasteiger partial charge in [0.25, 0.3) is 0 Å². The van der Waals surface area contributed by atoms with E-state index in [0.717, 1.165) is 29.7 Å². The van der Waals surface area contributed by atoms with Crippen LogP contribution >= 0.6 is 0 Å². The molecule has 3 heteroatoms. The Bertz CT molecular complexity index is 593. The van der Waals surface area contributed by atoms with Gasteiger partial charge in [-0.25, -0.2) is 0 Å². The number of para-hydroxylation sites is 1. The number of nitrogens with two attached hydrogens (primary N) is 1. The number of carbonyl (C=O) groups is 1. The summed E-state index contributed by atoms with van der Waals surface area (Å²) < 4.78 is 5.81. The molecule has 0 radical (unpaired) electrons. The van der Waals surface area contributed by atoms with E-state index in [4.69, 9.17) is 10.5 Å². The lowest BCUT2D eigenvalue weighted by Crippen LogP contribution is -2.12. The minimum atomic E-state index is -0.427. The van der Waals surface area contributed by atoms with E-state index >= 15 is 0 Å². The Morgan fingerprint density at radius 2 is 1.70 bits per heavy atom. The standard InChI is InChI=1S/C17H19NO2/c1-2-3-12-20-16-11-7-6-9-14(16)13-8-4-5-10-15(13)17(18)19/h4-11H,2-3,12H2,1H3,(H2,18,19). The van der Waals surface area contributed by atoms with Crippen molar-refractivity contribution in [3.8, 4) is 16.9 Å². The zero-order valence-electron chi connectivity index (χ0n) is 11.6. The van der Waals surface area contributed by atoms with Gasteiger partial charge in [0.1, 0.15) is 5.75 Å². The van der Waals surface area contributed by atoms with Gasteiger partial charge in [-0.15, -0.1) is 0 Å². The third-order valence-corrected chi connectivity index (χ3v) is 3.13. The van der Waals surface area contributed by atoms with Crippen molar-refractivity contribution >= 4 is 5.91 Å². The van der Waals surface area contributed by atoms with Crippen molar-refractivity contribution in [1.82, 2.24) is 0 Å². The van der Waals surface area contributed by atoms with Crippen LogP contribution in [0.5, 0.6) is 5.75 Å². The van der Waals surface area contributed by atoms with Crippen molar-refractivity contribution in [2.24, 2.45) is 5.73 Å². The normalized spacial score (nSPS) is 10.2. The van der Waals surface area contributed by atoms with E-state index in [9.17, 15) is 4.79 Å². The predicted octanol–water partition coefficient (Wildman–Crippen LogP) is 3.63. The summed E-state index contributed by atoms with van der Waals surface area (Å²) in [5.74, 6) is 0.360. The first-order chi connectivity index (χ1) is 9.74. The molecule has 2 aromatic rings. The fraction of sp³-hybridized carbons (Fsp3) is 0.235. The molecule has 0 aliphatic heterocycles. The van der Waals surface area contributed by atoms with Gasteiger partial charge >= 0.3 is 0 Å². The molecule has 0 saturated heterocycles. The van der Waals surface area contributed by atoms with Crippen molar-refractivity contribution in [3.05, 3.63) is 54.1 Å². The van der Waals surface area contributed by atoms with Gasteiger partial charge in [0.2, 0.25) is 5.91 Å². The van der Waals surface area contributed by atoms with Crippen molar-refractivity contribution in [3.63, 3.8) is 0 Å². The predicted molar refractivity (Wildman–Crippen MR) is 80.8 cm³/mol. The molecule has 0 atom stereocenters. The first kappa shape index (κ1) is 14.1. The van der Waals surface area contributed by atoms with E-state index in [0.29, 0.717) is 12.2 Å². The lowest BCUT2D eigenvalue weighted by atomic mass is 9.98. The molecule has 20 heavy (non-hydrogen) atoms. The van der Waals surface area contributed by atoms with Gasteiger partial charge in [-0.3, -0.25) is 4.79 Å². The highest BCUT2D eigenvalue weighted by Gasteiger charge is 2.12. The molecule has 0 saturated carbocycles.